The van der Waals surface area contributed by atoms with Crippen LogP contribution in [-0.4, -0.2) is 11.6 Å². The largest absolute Gasteiger partial charge is 0.300 e. The molecule has 0 aromatic heterocycles. The molecule has 0 spiro atoms. The smallest absolute Gasteiger partial charge is 0.155 e. The minimum atomic E-state index is 0.228. The Balaban J connectivity index is 1.71. The molecular formula is C22H32O2. The van der Waals surface area contributed by atoms with E-state index in [4.69, 9.17) is 0 Å². The highest BCUT2D eigenvalue weighted by Gasteiger charge is 2.60. The maximum atomic E-state index is 12.2. The second kappa shape index (κ2) is 5.29. The van der Waals surface area contributed by atoms with Gasteiger partial charge in [0.15, 0.2) is 5.78 Å². The van der Waals surface area contributed by atoms with Gasteiger partial charge in [-0.1, -0.05) is 26.3 Å². The van der Waals surface area contributed by atoms with Crippen molar-refractivity contribution >= 4 is 11.6 Å². The molecule has 0 amide bonds. The van der Waals surface area contributed by atoms with E-state index in [1.54, 1.807) is 0 Å². The van der Waals surface area contributed by atoms with E-state index in [1.807, 2.05) is 13.0 Å². The van der Waals surface area contributed by atoms with Gasteiger partial charge in [-0.15, -0.1) is 0 Å². The minimum Gasteiger partial charge on any atom is -0.300 e. The quantitative estimate of drug-likeness (QED) is 0.681. The summed E-state index contributed by atoms with van der Waals surface area (Å²) in [5.74, 6) is 3.75. The SMILES string of the molecule is CC(=O)[C@H]1CC[C@H]2[C@@H]3C[C@H](C)C4=CC(=O)CC[C@@]4(C)[C@@H]3CC[C@]12C. The van der Waals surface area contributed by atoms with Gasteiger partial charge in [-0.3, -0.25) is 9.59 Å². The molecule has 2 heteroatoms. The summed E-state index contributed by atoms with van der Waals surface area (Å²) in [7, 11) is 0. The summed E-state index contributed by atoms with van der Waals surface area (Å²) in [4.78, 5) is 24.2. The molecule has 0 radical (unpaired) electrons. The molecule has 3 fully saturated rings. The molecule has 132 valence electrons. The Kier molecular flexibility index (Phi) is 3.64. The Morgan fingerprint density at radius 1 is 1.12 bits per heavy atom. The fourth-order valence-corrected chi connectivity index (χ4v) is 7.65. The maximum Gasteiger partial charge on any atom is 0.155 e. The maximum absolute atomic E-state index is 12.2. The lowest BCUT2D eigenvalue weighted by Gasteiger charge is -2.59. The Hall–Kier alpha value is -0.920. The molecule has 4 aliphatic rings. The van der Waals surface area contributed by atoms with E-state index in [2.05, 4.69) is 20.8 Å². The number of fused-ring (bicyclic) bond motifs is 5. The Labute approximate surface area is 146 Å². The van der Waals surface area contributed by atoms with Crippen LogP contribution in [0.5, 0.6) is 0 Å². The van der Waals surface area contributed by atoms with Crippen molar-refractivity contribution in [3.05, 3.63) is 11.6 Å². The number of hydrogen-bond donors (Lipinski definition) is 0. The van der Waals surface area contributed by atoms with Gasteiger partial charge in [0, 0.05) is 12.3 Å². The topological polar surface area (TPSA) is 34.1 Å². The van der Waals surface area contributed by atoms with Crippen molar-refractivity contribution in [2.75, 3.05) is 0 Å². The number of allylic oxidation sites excluding steroid dienone is 1. The molecule has 0 bridgehead atoms. The molecule has 7 atom stereocenters. The predicted octanol–water partition coefficient (Wildman–Crippen LogP) is 4.97. The Bertz CT molecular complexity index is 617. The van der Waals surface area contributed by atoms with Gasteiger partial charge in [0.2, 0.25) is 0 Å². The molecule has 0 heterocycles. The second-order valence-electron chi connectivity index (χ2n) is 9.78. The van der Waals surface area contributed by atoms with Gasteiger partial charge in [-0.25, -0.2) is 0 Å². The van der Waals surface area contributed by atoms with Gasteiger partial charge in [0.05, 0.1) is 0 Å². The average Bonchev–Trinajstić information content (AvgIpc) is 2.87. The third-order valence-corrected chi connectivity index (χ3v) is 8.77. The number of carbonyl (C=O) groups excluding carboxylic acids is 2. The van der Waals surface area contributed by atoms with Crippen LogP contribution in [0.1, 0.15) is 72.6 Å². The highest BCUT2D eigenvalue weighted by molar-refractivity contribution is 5.91. The summed E-state index contributed by atoms with van der Waals surface area (Å²) in [5, 5.41) is 0. The third-order valence-electron chi connectivity index (χ3n) is 8.77. The van der Waals surface area contributed by atoms with Crippen LogP contribution >= 0.6 is 0 Å². The molecule has 24 heavy (non-hydrogen) atoms. The summed E-state index contributed by atoms with van der Waals surface area (Å²) >= 11 is 0. The van der Waals surface area contributed by atoms with Crippen LogP contribution < -0.4 is 0 Å². The first-order valence-electron chi connectivity index (χ1n) is 10.0. The summed E-state index contributed by atoms with van der Waals surface area (Å²) in [6, 6.07) is 0. The number of hydrogen-bond acceptors (Lipinski definition) is 2. The standard InChI is InChI=1S/C22H32O2/c1-13-11-16-18-6-5-17(14(2)23)21(18,3)10-8-19(16)22(4)9-7-15(24)12-20(13)22/h12-13,16-19H,5-11H2,1-4H3/t13-,16-,17+,18-,19+,21+,22-/m0/s1. The van der Waals surface area contributed by atoms with Gasteiger partial charge in [-0.2, -0.15) is 0 Å². The zero-order valence-electron chi connectivity index (χ0n) is 15.7. The van der Waals surface area contributed by atoms with Crippen LogP contribution in [0.2, 0.25) is 0 Å². The van der Waals surface area contributed by atoms with Gasteiger partial charge in [0.25, 0.3) is 0 Å². The third kappa shape index (κ3) is 2.07. The number of ketones is 2. The highest BCUT2D eigenvalue weighted by Crippen LogP contribution is 2.67. The zero-order chi connectivity index (χ0) is 17.3. The summed E-state index contributed by atoms with van der Waals surface area (Å²) < 4.78 is 0. The predicted molar refractivity (Wildman–Crippen MR) is 95.4 cm³/mol. The first-order chi connectivity index (χ1) is 11.3. The molecule has 3 saturated carbocycles. The van der Waals surface area contributed by atoms with Gasteiger partial charge in [-0.05, 0) is 86.0 Å². The Morgan fingerprint density at radius 2 is 1.88 bits per heavy atom. The lowest BCUT2D eigenvalue weighted by Crippen LogP contribution is -2.52. The summed E-state index contributed by atoms with van der Waals surface area (Å²) in [5.41, 5.74) is 1.91. The van der Waals surface area contributed by atoms with Crippen molar-refractivity contribution in [2.45, 2.75) is 72.6 Å². The fraction of sp³-hybridized carbons (Fsp3) is 0.818. The zero-order valence-corrected chi connectivity index (χ0v) is 15.7. The van der Waals surface area contributed by atoms with Crippen molar-refractivity contribution < 1.29 is 9.59 Å². The molecule has 4 rings (SSSR count). The molecule has 0 aromatic carbocycles. The van der Waals surface area contributed by atoms with Gasteiger partial charge in [0.1, 0.15) is 5.78 Å². The van der Waals surface area contributed by atoms with Crippen molar-refractivity contribution in [2.24, 2.45) is 40.4 Å². The lowest BCUT2D eigenvalue weighted by atomic mass is 9.45. The molecule has 0 aliphatic heterocycles. The summed E-state index contributed by atoms with van der Waals surface area (Å²) in [6.45, 7) is 9.00. The average molecular weight is 328 g/mol. The molecular weight excluding hydrogens is 296 g/mol. The number of Topliss-reactive ketones (excluding diaryl/α,β-unsaturated/α-hetero) is 1. The van der Waals surface area contributed by atoms with Gasteiger partial charge >= 0.3 is 0 Å². The van der Waals surface area contributed by atoms with E-state index >= 15 is 0 Å². The number of carbonyl (C=O) groups is 2. The fourth-order valence-electron chi connectivity index (χ4n) is 7.65. The van der Waals surface area contributed by atoms with Crippen LogP contribution in [0.25, 0.3) is 0 Å². The first-order valence-corrected chi connectivity index (χ1v) is 10.0. The molecule has 0 unspecified atom stereocenters. The molecule has 0 aromatic rings. The minimum absolute atomic E-state index is 0.228. The molecule has 0 N–H and O–H groups in total. The highest BCUT2D eigenvalue weighted by atomic mass is 16.1. The normalized spacial score (nSPS) is 50.6. The monoisotopic (exact) mass is 328 g/mol. The first kappa shape index (κ1) is 16.5. The van der Waals surface area contributed by atoms with Gasteiger partial charge < -0.3 is 0 Å². The molecule has 0 saturated heterocycles. The van der Waals surface area contributed by atoms with Crippen LogP contribution in [0.15, 0.2) is 11.6 Å². The Morgan fingerprint density at radius 3 is 2.58 bits per heavy atom. The summed E-state index contributed by atoms with van der Waals surface area (Å²) in [6.07, 6.45) is 9.80. The van der Waals surface area contributed by atoms with Crippen molar-refractivity contribution in [1.29, 1.82) is 0 Å². The van der Waals surface area contributed by atoms with E-state index in [0.29, 0.717) is 23.4 Å². The van der Waals surface area contributed by atoms with E-state index < -0.39 is 0 Å². The van der Waals surface area contributed by atoms with Crippen LogP contribution in [-0.2, 0) is 9.59 Å². The van der Waals surface area contributed by atoms with E-state index in [-0.39, 0.29) is 16.7 Å². The van der Waals surface area contributed by atoms with E-state index in [0.717, 1.165) is 31.1 Å². The van der Waals surface area contributed by atoms with E-state index in [1.165, 1.54) is 31.3 Å². The number of rotatable bonds is 1. The second-order valence-corrected chi connectivity index (χ2v) is 9.78. The molecule has 2 nitrogen and oxygen atoms in total. The van der Waals surface area contributed by atoms with E-state index in [9.17, 15) is 9.59 Å². The van der Waals surface area contributed by atoms with Crippen molar-refractivity contribution in [1.82, 2.24) is 0 Å². The van der Waals surface area contributed by atoms with Crippen molar-refractivity contribution in [3.63, 3.8) is 0 Å². The van der Waals surface area contributed by atoms with Crippen LogP contribution in [0.3, 0.4) is 0 Å². The van der Waals surface area contributed by atoms with Crippen LogP contribution in [0.4, 0.5) is 0 Å². The molecule has 4 aliphatic carbocycles. The lowest BCUT2D eigenvalue weighted by molar-refractivity contribution is -0.129. The van der Waals surface area contributed by atoms with Crippen LogP contribution in [0, 0.1) is 40.4 Å². The van der Waals surface area contributed by atoms with Crippen molar-refractivity contribution in [3.8, 4) is 0 Å².